The van der Waals surface area contributed by atoms with Gasteiger partial charge in [0.15, 0.2) is 0 Å². The Bertz CT molecular complexity index is 2870. The minimum atomic E-state index is 0.894. The monoisotopic (exact) mass is 650 g/mol. The zero-order valence-corrected chi connectivity index (χ0v) is 27.6. The summed E-state index contributed by atoms with van der Waals surface area (Å²) in [7, 11) is 0. The molecule has 0 fully saturated rings. The van der Waals surface area contributed by atoms with Gasteiger partial charge in [-0.3, -0.25) is 9.97 Å². The Morgan fingerprint density at radius 2 is 1.06 bits per heavy atom. The first-order valence-corrected chi connectivity index (χ1v) is 17.2. The molecule has 10 aromatic rings. The van der Waals surface area contributed by atoms with E-state index in [9.17, 15) is 0 Å². The lowest BCUT2D eigenvalue weighted by molar-refractivity contribution is 1.28. The highest BCUT2D eigenvalue weighted by Gasteiger charge is 2.23. The van der Waals surface area contributed by atoms with Gasteiger partial charge in [-0.25, -0.2) is 4.98 Å². The van der Waals surface area contributed by atoms with Crippen LogP contribution in [-0.4, -0.2) is 15.0 Å². The molecule has 0 aliphatic rings. The van der Waals surface area contributed by atoms with Crippen molar-refractivity contribution in [3.05, 3.63) is 182 Å². The number of para-hydroxylation sites is 3. The van der Waals surface area contributed by atoms with Gasteiger partial charge < -0.3 is 4.90 Å². The van der Waals surface area contributed by atoms with Crippen LogP contribution in [0.4, 0.5) is 17.1 Å². The Morgan fingerprint density at radius 1 is 0.392 bits per heavy atom. The highest BCUT2D eigenvalue weighted by Crippen LogP contribution is 2.47. The maximum Gasteiger partial charge on any atom is 0.0970 e. The van der Waals surface area contributed by atoms with E-state index in [2.05, 4.69) is 169 Å². The molecule has 4 heteroatoms. The van der Waals surface area contributed by atoms with Crippen molar-refractivity contribution in [2.24, 2.45) is 0 Å². The Morgan fingerprint density at radius 3 is 1.84 bits per heavy atom. The first-order chi connectivity index (χ1) is 25.3. The third-order valence-electron chi connectivity index (χ3n) is 9.88. The lowest BCUT2D eigenvalue weighted by Gasteiger charge is -2.27. The zero-order valence-electron chi connectivity index (χ0n) is 27.6. The second-order valence-corrected chi connectivity index (χ2v) is 12.8. The van der Waals surface area contributed by atoms with Crippen LogP contribution in [0.2, 0.25) is 0 Å². The van der Waals surface area contributed by atoms with Crippen LogP contribution in [0.5, 0.6) is 0 Å². The van der Waals surface area contributed by atoms with Gasteiger partial charge in [-0.2, -0.15) is 0 Å². The topological polar surface area (TPSA) is 41.9 Å². The number of rotatable bonds is 5. The van der Waals surface area contributed by atoms with Crippen LogP contribution in [0, 0.1) is 0 Å². The van der Waals surface area contributed by atoms with Crippen LogP contribution >= 0.6 is 0 Å². The van der Waals surface area contributed by atoms with Gasteiger partial charge in [-0.05, 0) is 70.4 Å². The van der Waals surface area contributed by atoms with Gasteiger partial charge in [0.25, 0.3) is 0 Å². The molecule has 3 aromatic heterocycles. The van der Waals surface area contributed by atoms with Crippen molar-refractivity contribution < 1.29 is 0 Å². The van der Waals surface area contributed by atoms with Crippen molar-refractivity contribution in [3.8, 4) is 22.4 Å². The molecule has 51 heavy (non-hydrogen) atoms. The number of anilines is 3. The van der Waals surface area contributed by atoms with Crippen LogP contribution < -0.4 is 4.90 Å². The predicted molar refractivity (Wildman–Crippen MR) is 213 cm³/mol. The number of pyridine rings is 3. The lowest BCUT2D eigenvalue weighted by atomic mass is 9.87. The molecule has 7 aromatic carbocycles. The second-order valence-electron chi connectivity index (χ2n) is 12.8. The molecule has 10 rings (SSSR count). The lowest BCUT2D eigenvalue weighted by Crippen LogP contribution is -2.11. The zero-order chi connectivity index (χ0) is 33.7. The van der Waals surface area contributed by atoms with Gasteiger partial charge in [0, 0.05) is 56.3 Å². The van der Waals surface area contributed by atoms with Crippen molar-refractivity contribution >= 4 is 71.3 Å². The summed E-state index contributed by atoms with van der Waals surface area (Å²) in [6, 6.07) is 59.9. The molecular formula is C47H30N4. The first kappa shape index (κ1) is 29.0. The Kier molecular flexibility index (Phi) is 6.78. The third kappa shape index (κ3) is 4.72. The highest BCUT2D eigenvalue weighted by molar-refractivity contribution is 6.29. The molecule has 0 spiro atoms. The van der Waals surface area contributed by atoms with E-state index in [1.165, 1.54) is 16.2 Å². The van der Waals surface area contributed by atoms with Crippen molar-refractivity contribution in [3.63, 3.8) is 0 Å². The maximum absolute atomic E-state index is 5.70. The van der Waals surface area contributed by atoms with E-state index in [0.717, 1.165) is 77.5 Å². The van der Waals surface area contributed by atoms with Gasteiger partial charge in [0.05, 0.1) is 27.9 Å². The maximum atomic E-state index is 5.70. The first-order valence-electron chi connectivity index (χ1n) is 17.2. The van der Waals surface area contributed by atoms with Crippen molar-refractivity contribution in [1.82, 2.24) is 15.0 Å². The number of benzene rings is 7. The predicted octanol–water partition coefficient (Wildman–Crippen LogP) is 12.4. The van der Waals surface area contributed by atoms with E-state index >= 15 is 0 Å². The summed E-state index contributed by atoms with van der Waals surface area (Å²) in [5, 5.41) is 7.89. The number of aromatic nitrogens is 3. The summed E-state index contributed by atoms with van der Waals surface area (Å²) < 4.78 is 0. The molecule has 0 aliphatic heterocycles. The molecule has 0 aliphatic carbocycles. The second kappa shape index (κ2) is 11.9. The fourth-order valence-electron chi connectivity index (χ4n) is 7.66. The molecule has 0 unspecified atom stereocenters. The standard InChI is InChI=1S/C47H30N4/c1-4-14-31(15-5-1)44-43-40(37-27-29-49-47-38(37)26-25-32-17-13-28-48-45(32)47)30-33-16-10-11-22-36(33)42(43)39-23-12-24-41(46(39)50-44)51(34-18-6-2-7-19-34)35-20-8-3-9-21-35/h1-30H. The molecule has 0 radical (unpaired) electrons. The number of hydrogen-bond acceptors (Lipinski definition) is 4. The largest absolute Gasteiger partial charge is 0.308 e. The molecule has 0 amide bonds. The fraction of sp³-hybridized carbons (Fsp3) is 0. The molecule has 0 saturated heterocycles. The van der Waals surface area contributed by atoms with E-state index < -0.39 is 0 Å². The Balaban J connectivity index is 1.39. The van der Waals surface area contributed by atoms with E-state index in [0.29, 0.717) is 0 Å². The van der Waals surface area contributed by atoms with Gasteiger partial charge in [0.1, 0.15) is 0 Å². The van der Waals surface area contributed by atoms with Crippen LogP contribution in [0.3, 0.4) is 0 Å². The van der Waals surface area contributed by atoms with Crippen molar-refractivity contribution in [1.29, 1.82) is 0 Å². The van der Waals surface area contributed by atoms with E-state index in [1.54, 1.807) is 0 Å². The number of nitrogens with zero attached hydrogens (tertiary/aromatic N) is 4. The summed E-state index contributed by atoms with van der Waals surface area (Å²) in [4.78, 5) is 17.6. The van der Waals surface area contributed by atoms with Crippen molar-refractivity contribution in [2.45, 2.75) is 0 Å². The summed E-state index contributed by atoms with van der Waals surface area (Å²) in [6.45, 7) is 0. The molecule has 3 heterocycles. The van der Waals surface area contributed by atoms with Crippen LogP contribution in [0.15, 0.2) is 182 Å². The van der Waals surface area contributed by atoms with Crippen LogP contribution in [0.25, 0.3) is 76.6 Å². The average molecular weight is 651 g/mol. The number of hydrogen-bond donors (Lipinski definition) is 0. The van der Waals surface area contributed by atoms with Crippen LogP contribution in [-0.2, 0) is 0 Å². The summed E-state index contributed by atoms with van der Waals surface area (Å²) in [5.74, 6) is 0. The number of fused-ring (bicyclic) bond motifs is 8. The molecule has 4 nitrogen and oxygen atoms in total. The quantitative estimate of drug-likeness (QED) is 0.174. The van der Waals surface area contributed by atoms with E-state index in [1.807, 2.05) is 18.5 Å². The Hall–Kier alpha value is -6.91. The molecule has 0 saturated carbocycles. The third-order valence-corrected chi connectivity index (χ3v) is 9.88. The normalized spacial score (nSPS) is 11.5. The van der Waals surface area contributed by atoms with Crippen LogP contribution in [0.1, 0.15) is 0 Å². The summed E-state index contributed by atoms with van der Waals surface area (Å²) >= 11 is 0. The molecule has 0 bridgehead atoms. The van der Waals surface area contributed by atoms with E-state index in [4.69, 9.17) is 15.0 Å². The Labute approximate surface area is 294 Å². The average Bonchev–Trinajstić information content (AvgIpc) is 3.21. The van der Waals surface area contributed by atoms with Crippen molar-refractivity contribution in [2.75, 3.05) is 4.90 Å². The highest BCUT2D eigenvalue weighted by atomic mass is 15.1. The summed E-state index contributed by atoms with van der Waals surface area (Å²) in [5.41, 5.74) is 10.1. The van der Waals surface area contributed by atoms with Gasteiger partial charge in [-0.15, -0.1) is 0 Å². The van der Waals surface area contributed by atoms with Gasteiger partial charge >= 0.3 is 0 Å². The molecule has 0 atom stereocenters. The minimum absolute atomic E-state index is 0.894. The fourth-order valence-corrected chi connectivity index (χ4v) is 7.66. The van der Waals surface area contributed by atoms with Gasteiger partial charge in [0.2, 0.25) is 0 Å². The SMILES string of the molecule is c1ccc(-c2nc3c(N(c4ccccc4)c4ccccc4)cccc3c3c2c(-c2ccnc4c2ccc2cccnc24)cc2ccccc23)cc1. The molecule has 0 N–H and O–H groups in total. The molecule has 238 valence electrons. The van der Waals surface area contributed by atoms with E-state index in [-0.39, 0.29) is 0 Å². The minimum Gasteiger partial charge on any atom is -0.308 e. The van der Waals surface area contributed by atoms with Gasteiger partial charge in [-0.1, -0.05) is 121 Å². The summed E-state index contributed by atoms with van der Waals surface area (Å²) in [6.07, 6.45) is 3.76. The molecular weight excluding hydrogens is 621 g/mol. The smallest absolute Gasteiger partial charge is 0.0970 e.